The molecule has 2 unspecified atom stereocenters. The van der Waals surface area contributed by atoms with E-state index in [0.717, 1.165) is 45.5 Å². The Hall–Kier alpha value is -3.40. The molecule has 1 aliphatic heterocycles. The molecule has 4 aromatic rings. The summed E-state index contributed by atoms with van der Waals surface area (Å²) in [6, 6.07) is 23.4. The maximum Gasteiger partial charge on any atom is 0.262 e. The van der Waals surface area contributed by atoms with Crippen molar-refractivity contribution in [3.8, 4) is 22.9 Å². The number of rotatable bonds is 3. The molecule has 0 aliphatic carbocycles. The Kier molecular flexibility index (Phi) is 5.99. The van der Waals surface area contributed by atoms with Crippen molar-refractivity contribution in [3.05, 3.63) is 93.3 Å². The van der Waals surface area contributed by atoms with Gasteiger partial charge < -0.3 is 9.64 Å². The summed E-state index contributed by atoms with van der Waals surface area (Å²) in [6.07, 6.45) is 2.17. The fraction of sp³-hybridized carbons (Fsp3) is 0.214. The molecule has 0 amide bonds. The Morgan fingerprint density at radius 2 is 1.71 bits per heavy atom. The van der Waals surface area contributed by atoms with E-state index in [-0.39, 0.29) is 17.8 Å². The molecule has 2 heterocycles. The number of morpholine rings is 1. The number of ether oxygens (including phenoxy) is 1. The third-order valence-corrected chi connectivity index (χ3v) is 6.88. The Morgan fingerprint density at radius 1 is 0.971 bits per heavy atom. The fourth-order valence-electron chi connectivity index (χ4n) is 4.73. The van der Waals surface area contributed by atoms with E-state index in [0.29, 0.717) is 10.9 Å². The molecule has 0 N–H and O–H groups in total. The lowest BCUT2D eigenvalue weighted by Gasteiger charge is -2.37. The summed E-state index contributed by atoms with van der Waals surface area (Å²) >= 11 is 3.73. The molecule has 5 rings (SSSR count). The molecule has 6 heteroatoms. The van der Waals surface area contributed by atoms with Gasteiger partial charge in [0, 0.05) is 34.8 Å². The molecular weight excluding hydrogens is 490 g/mol. The molecular formula is C28H24BrN3O2. The topological polar surface area (TPSA) is 58.3 Å². The van der Waals surface area contributed by atoms with Crippen molar-refractivity contribution in [2.75, 3.05) is 18.0 Å². The summed E-state index contributed by atoms with van der Waals surface area (Å²) in [5.41, 5.74) is 4.40. The number of benzene rings is 3. The van der Waals surface area contributed by atoms with Gasteiger partial charge in [0.2, 0.25) is 0 Å². The lowest BCUT2D eigenvalue weighted by molar-refractivity contribution is -0.00525. The number of fused-ring (bicyclic) bond motifs is 1. The van der Waals surface area contributed by atoms with Crippen molar-refractivity contribution in [1.82, 2.24) is 4.57 Å². The van der Waals surface area contributed by atoms with Crippen LogP contribution in [0.25, 0.3) is 27.6 Å². The van der Waals surface area contributed by atoms with Crippen LogP contribution in [0.5, 0.6) is 0 Å². The normalized spacial score (nSPS) is 18.1. The first-order valence-electron chi connectivity index (χ1n) is 11.3. The van der Waals surface area contributed by atoms with Crippen LogP contribution in [0.1, 0.15) is 19.4 Å². The molecule has 34 heavy (non-hydrogen) atoms. The summed E-state index contributed by atoms with van der Waals surface area (Å²) in [4.78, 5) is 15.8. The summed E-state index contributed by atoms with van der Waals surface area (Å²) in [5, 5.41) is 10.6. The zero-order valence-electron chi connectivity index (χ0n) is 19.0. The SMILES string of the molecule is CC1CN(c2ccc(-n3ccc4c(-c5ccc(C#N)cc5)cccc4c3=O)cc2Br)CC(C)O1. The molecule has 1 saturated heterocycles. The number of hydrogen-bond donors (Lipinski definition) is 0. The molecule has 0 saturated carbocycles. The van der Waals surface area contributed by atoms with Gasteiger partial charge >= 0.3 is 0 Å². The van der Waals surface area contributed by atoms with Crippen molar-refractivity contribution in [2.45, 2.75) is 26.1 Å². The average Bonchev–Trinajstić information content (AvgIpc) is 2.83. The standard InChI is InChI=1S/C28H24BrN3O2/c1-18-16-31(17-19(2)34-18)27-11-10-22(14-26(27)29)32-13-12-24-23(4-3-5-25(24)28(32)33)21-8-6-20(15-30)7-9-21/h3-14,18-19H,16-17H2,1-2H3. The van der Waals surface area contributed by atoms with E-state index in [9.17, 15) is 4.79 Å². The number of pyridine rings is 1. The number of anilines is 1. The third-order valence-electron chi connectivity index (χ3n) is 6.24. The van der Waals surface area contributed by atoms with Gasteiger partial charge in [-0.25, -0.2) is 0 Å². The zero-order valence-corrected chi connectivity index (χ0v) is 20.6. The summed E-state index contributed by atoms with van der Waals surface area (Å²) in [7, 11) is 0. The van der Waals surface area contributed by atoms with Crippen LogP contribution >= 0.6 is 15.9 Å². The molecule has 1 fully saturated rings. The highest BCUT2D eigenvalue weighted by Crippen LogP contribution is 2.32. The van der Waals surface area contributed by atoms with Gasteiger partial charge in [-0.3, -0.25) is 9.36 Å². The van der Waals surface area contributed by atoms with E-state index >= 15 is 0 Å². The lowest BCUT2D eigenvalue weighted by atomic mass is 9.98. The Balaban J connectivity index is 1.53. The van der Waals surface area contributed by atoms with Crippen LogP contribution < -0.4 is 10.5 Å². The quantitative estimate of drug-likeness (QED) is 0.341. The Bertz CT molecular complexity index is 1460. The van der Waals surface area contributed by atoms with Gasteiger partial charge in [0.1, 0.15) is 0 Å². The van der Waals surface area contributed by atoms with Crippen LogP contribution in [-0.2, 0) is 4.74 Å². The molecule has 0 radical (unpaired) electrons. The van der Waals surface area contributed by atoms with E-state index in [4.69, 9.17) is 10.00 Å². The smallest absolute Gasteiger partial charge is 0.262 e. The minimum Gasteiger partial charge on any atom is -0.372 e. The second-order valence-corrected chi connectivity index (χ2v) is 9.60. The van der Waals surface area contributed by atoms with E-state index in [1.165, 1.54) is 0 Å². The van der Waals surface area contributed by atoms with Crippen LogP contribution in [0.3, 0.4) is 0 Å². The first-order chi connectivity index (χ1) is 16.4. The second-order valence-electron chi connectivity index (χ2n) is 8.74. The molecule has 0 spiro atoms. The van der Waals surface area contributed by atoms with Gasteiger partial charge in [0.25, 0.3) is 5.56 Å². The highest BCUT2D eigenvalue weighted by atomic mass is 79.9. The fourth-order valence-corrected chi connectivity index (χ4v) is 5.35. The maximum atomic E-state index is 13.5. The van der Waals surface area contributed by atoms with Crippen LogP contribution in [0.2, 0.25) is 0 Å². The molecule has 5 nitrogen and oxygen atoms in total. The van der Waals surface area contributed by atoms with Crippen molar-refractivity contribution >= 4 is 32.4 Å². The monoisotopic (exact) mass is 513 g/mol. The lowest BCUT2D eigenvalue weighted by Crippen LogP contribution is -2.45. The minimum atomic E-state index is -0.0683. The molecule has 3 aromatic carbocycles. The van der Waals surface area contributed by atoms with Crippen LogP contribution in [0, 0.1) is 11.3 Å². The predicted octanol–water partition coefficient (Wildman–Crippen LogP) is 5.91. The second kappa shape index (κ2) is 9.09. The van der Waals surface area contributed by atoms with Crippen LogP contribution in [-0.4, -0.2) is 29.9 Å². The Labute approximate surface area is 207 Å². The first kappa shape index (κ1) is 22.4. The van der Waals surface area contributed by atoms with E-state index in [2.05, 4.69) is 46.8 Å². The molecule has 0 bridgehead atoms. The summed E-state index contributed by atoms with van der Waals surface area (Å²) in [6.45, 7) is 5.84. The van der Waals surface area contributed by atoms with Gasteiger partial charge in [0.15, 0.2) is 0 Å². The third kappa shape index (κ3) is 4.13. The van der Waals surface area contributed by atoms with E-state index in [1.54, 1.807) is 16.7 Å². The maximum absolute atomic E-state index is 13.5. The van der Waals surface area contributed by atoms with Crippen LogP contribution in [0.4, 0.5) is 5.69 Å². The van der Waals surface area contributed by atoms with E-state index < -0.39 is 0 Å². The van der Waals surface area contributed by atoms with Gasteiger partial charge in [-0.05, 0) is 88.8 Å². The minimum absolute atomic E-state index is 0.0683. The number of hydrogen-bond acceptors (Lipinski definition) is 4. The van der Waals surface area contributed by atoms with Gasteiger partial charge in [-0.1, -0.05) is 24.3 Å². The zero-order chi connectivity index (χ0) is 23.8. The summed E-state index contributed by atoms with van der Waals surface area (Å²) in [5.74, 6) is 0. The number of aromatic nitrogens is 1. The van der Waals surface area contributed by atoms with Crippen molar-refractivity contribution in [1.29, 1.82) is 5.26 Å². The summed E-state index contributed by atoms with van der Waals surface area (Å²) < 4.78 is 8.50. The number of halogens is 1. The molecule has 1 aliphatic rings. The molecule has 170 valence electrons. The van der Waals surface area contributed by atoms with Crippen molar-refractivity contribution in [3.63, 3.8) is 0 Å². The first-order valence-corrected chi connectivity index (χ1v) is 12.1. The largest absolute Gasteiger partial charge is 0.372 e. The number of nitrogens with zero attached hydrogens (tertiary/aromatic N) is 3. The highest BCUT2D eigenvalue weighted by molar-refractivity contribution is 9.10. The van der Waals surface area contributed by atoms with E-state index in [1.807, 2.05) is 54.7 Å². The molecule has 1 aromatic heterocycles. The van der Waals surface area contributed by atoms with Gasteiger partial charge in [-0.15, -0.1) is 0 Å². The van der Waals surface area contributed by atoms with Gasteiger partial charge in [-0.2, -0.15) is 5.26 Å². The van der Waals surface area contributed by atoms with Crippen LogP contribution in [0.15, 0.2) is 82.2 Å². The van der Waals surface area contributed by atoms with Gasteiger partial charge in [0.05, 0.1) is 29.5 Å². The van der Waals surface area contributed by atoms with Crippen molar-refractivity contribution < 1.29 is 4.74 Å². The van der Waals surface area contributed by atoms with Crippen molar-refractivity contribution in [2.24, 2.45) is 0 Å². The Morgan fingerprint density at radius 3 is 2.38 bits per heavy atom. The average molecular weight is 514 g/mol. The number of nitriles is 1. The predicted molar refractivity (Wildman–Crippen MR) is 140 cm³/mol. The highest BCUT2D eigenvalue weighted by Gasteiger charge is 2.24. The molecule has 2 atom stereocenters.